The molecule has 0 radical (unpaired) electrons. The first-order valence-electron chi connectivity index (χ1n) is 5.37. The van der Waals surface area contributed by atoms with E-state index in [1.54, 1.807) is 6.07 Å². The minimum Gasteiger partial charge on any atom is -0.419 e. The Morgan fingerprint density at radius 1 is 1.11 bits per heavy atom. The maximum absolute atomic E-state index is 13.6. The third kappa shape index (κ3) is 1.65. The summed E-state index contributed by atoms with van der Waals surface area (Å²) in [7, 11) is 0. The molecule has 94 valence electrons. The fraction of sp³-hybridized carbons (Fsp3) is 0. The first kappa shape index (κ1) is 11.3. The molecular weight excluding hydrogens is 253 g/mol. The van der Waals surface area contributed by atoms with Crippen molar-refractivity contribution in [3.05, 3.63) is 62.7 Å². The molecule has 1 heterocycles. The van der Waals surface area contributed by atoms with Crippen molar-refractivity contribution in [2.75, 3.05) is 0 Å². The van der Waals surface area contributed by atoms with Gasteiger partial charge in [0.05, 0.1) is 10.3 Å². The van der Waals surface area contributed by atoms with E-state index in [4.69, 9.17) is 4.42 Å². The number of para-hydroxylation sites is 1. The van der Waals surface area contributed by atoms with Gasteiger partial charge in [0.1, 0.15) is 0 Å². The fourth-order valence-electron chi connectivity index (χ4n) is 2.02. The Hall–Kier alpha value is -2.76. The molecule has 0 aliphatic carbocycles. The summed E-state index contributed by atoms with van der Waals surface area (Å²) >= 11 is 0. The third-order valence-corrected chi connectivity index (χ3v) is 2.89. The van der Waals surface area contributed by atoms with E-state index in [1.807, 2.05) is 0 Å². The molecule has 0 amide bonds. The van der Waals surface area contributed by atoms with E-state index < -0.39 is 16.4 Å². The van der Waals surface area contributed by atoms with Crippen LogP contribution in [0, 0.1) is 15.9 Å². The van der Waals surface area contributed by atoms with Gasteiger partial charge in [-0.15, -0.1) is 0 Å². The van der Waals surface area contributed by atoms with Crippen LogP contribution in [0.2, 0.25) is 0 Å². The van der Waals surface area contributed by atoms with E-state index in [9.17, 15) is 19.3 Å². The second-order valence-corrected chi connectivity index (χ2v) is 3.99. The first-order valence-corrected chi connectivity index (χ1v) is 5.37. The zero-order valence-corrected chi connectivity index (χ0v) is 9.42. The largest absolute Gasteiger partial charge is 0.419 e. The van der Waals surface area contributed by atoms with E-state index in [-0.39, 0.29) is 16.7 Å². The number of nitro groups is 1. The number of hydrogen-bond acceptors (Lipinski definition) is 4. The average Bonchev–Trinajstić information content (AvgIpc) is 2.40. The number of nitro benzene ring substituents is 1. The minimum absolute atomic E-state index is 0.0623. The summed E-state index contributed by atoms with van der Waals surface area (Å²) in [5.74, 6) is -0.644. The SMILES string of the molecule is O=c1oc2c(F)cccc2c2ccc([N+](=O)[O-])cc12. The molecule has 5 nitrogen and oxygen atoms in total. The maximum atomic E-state index is 13.6. The highest BCUT2D eigenvalue weighted by Gasteiger charge is 2.14. The molecule has 0 fully saturated rings. The number of hydrogen-bond donors (Lipinski definition) is 0. The average molecular weight is 259 g/mol. The standard InChI is InChI=1S/C13H6FNO4/c14-11-3-1-2-9-8-5-4-7(15(17)18)6-10(8)13(16)19-12(9)11/h1-6H. The summed E-state index contributed by atoms with van der Waals surface area (Å²) in [4.78, 5) is 21.8. The molecule has 0 saturated carbocycles. The molecule has 2 aromatic carbocycles. The Morgan fingerprint density at radius 2 is 1.89 bits per heavy atom. The van der Waals surface area contributed by atoms with Gasteiger partial charge in [0.15, 0.2) is 11.4 Å². The molecule has 0 N–H and O–H groups in total. The molecular formula is C13H6FNO4. The number of halogens is 1. The second-order valence-electron chi connectivity index (χ2n) is 3.99. The van der Waals surface area contributed by atoms with Crippen molar-refractivity contribution in [2.45, 2.75) is 0 Å². The smallest absolute Gasteiger partial charge is 0.344 e. The Kier molecular flexibility index (Phi) is 2.31. The highest BCUT2D eigenvalue weighted by molar-refractivity contribution is 6.04. The van der Waals surface area contributed by atoms with Gasteiger partial charge in [-0.1, -0.05) is 12.1 Å². The summed E-state index contributed by atoms with van der Waals surface area (Å²) in [5.41, 5.74) is -1.15. The van der Waals surface area contributed by atoms with Crippen LogP contribution in [0.3, 0.4) is 0 Å². The van der Waals surface area contributed by atoms with Crippen LogP contribution in [0.15, 0.2) is 45.6 Å². The summed E-state index contributed by atoms with van der Waals surface area (Å²) in [6.07, 6.45) is 0. The van der Waals surface area contributed by atoms with Crippen molar-refractivity contribution >= 4 is 27.4 Å². The second kappa shape index (κ2) is 3.88. The molecule has 3 rings (SSSR count). The van der Waals surface area contributed by atoms with Gasteiger partial charge in [0.25, 0.3) is 5.69 Å². The number of fused-ring (bicyclic) bond motifs is 3. The van der Waals surface area contributed by atoms with Crippen molar-refractivity contribution in [1.29, 1.82) is 0 Å². The van der Waals surface area contributed by atoms with Crippen LogP contribution < -0.4 is 5.63 Å². The molecule has 0 bridgehead atoms. The molecule has 0 spiro atoms. The van der Waals surface area contributed by atoms with Crippen LogP contribution >= 0.6 is 0 Å². The van der Waals surface area contributed by atoms with E-state index in [0.717, 1.165) is 6.07 Å². The molecule has 19 heavy (non-hydrogen) atoms. The summed E-state index contributed by atoms with van der Waals surface area (Å²) in [6.45, 7) is 0. The van der Waals surface area contributed by atoms with Gasteiger partial charge in [-0.25, -0.2) is 9.18 Å². The van der Waals surface area contributed by atoms with Gasteiger partial charge in [-0.2, -0.15) is 0 Å². The lowest BCUT2D eigenvalue weighted by Crippen LogP contribution is -2.01. The fourth-order valence-corrected chi connectivity index (χ4v) is 2.02. The van der Waals surface area contributed by atoms with Gasteiger partial charge >= 0.3 is 5.63 Å². The Labute approximate surface area is 105 Å². The van der Waals surface area contributed by atoms with Crippen molar-refractivity contribution in [3.8, 4) is 0 Å². The minimum atomic E-state index is -0.795. The molecule has 0 saturated heterocycles. The first-order chi connectivity index (χ1) is 9.08. The van der Waals surface area contributed by atoms with Gasteiger partial charge in [0.2, 0.25) is 0 Å². The predicted octanol–water partition coefficient (Wildman–Crippen LogP) is 2.99. The molecule has 6 heteroatoms. The molecule has 0 aliphatic heterocycles. The number of benzene rings is 2. The highest BCUT2D eigenvalue weighted by Crippen LogP contribution is 2.27. The van der Waals surface area contributed by atoms with E-state index in [0.29, 0.717) is 10.8 Å². The Balaban J connectivity index is 2.53. The van der Waals surface area contributed by atoms with Crippen LogP contribution in [-0.4, -0.2) is 4.92 Å². The number of rotatable bonds is 1. The third-order valence-electron chi connectivity index (χ3n) is 2.89. The molecule has 0 atom stereocenters. The van der Waals surface area contributed by atoms with Gasteiger partial charge in [0, 0.05) is 22.9 Å². The predicted molar refractivity (Wildman–Crippen MR) is 66.6 cm³/mol. The molecule has 0 unspecified atom stereocenters. The lowest BCUT2D eigenvalue weighted by molar-refractivity contribution is -0.384. The lowest BCUT2D eigenvalue weighted by Gasteiger charge is -2.02. The Morgan fingerprint density at radius 3 is 2.63 bits per heavy atom. The van der Waals surface area contributed by atoms with Crippen molar-refractivity contribution in [1.82, 2.24) is 0 Å². The van der Waals surface area contributed by atoms with Crippen LogP contribution in [0.5, 0.6) is 0 Å². The molecule has 3 aromatic rings. The van der Waals surface area contributed by atoms with Crippen LogP contribution in [0.1, 0.15) is 0 Å². The van der Waals surface area contributed by atoms with Crippen LogP contribution in [-0.2, 0) is 0 Å². The van der Waals surface area contributed by atoms with Crippen molar-refractivity contribution < 1.29 is 13.7 Å². The van der Waals surface area contributed by atoms with Crippen LogP contribution in [0.25, 0.3) is 21.7 Å². The quantitative estimate of drug-likeness (QED) is 0.291. The van der Waals surface area contributed by atoms with Gasteiger partial charge in [-0.3, -0.25) is 10.1 Å². The van der Waals surface area contributed by atoms with E-state index >= 15 is 0 Å². The van der Waals surface area contributed by atoms with Crippen LogP contribution in [0.4, 0.5) is 10.1 Å². The van der Waals surface area contributed by atoms with E-state index in [1.165, 1.54) is 24.3 Å². The molecule has 0 aliphatic rings. The number of non-ortho nitro benzene ring substituents is 1. The number of nitrogens with zero attached hydrogens (tertiary/aromatic N) is 1. The lowest BCUT2D eigenvalue weighted by atomic mass is 10.1. The van der Waals surface area contributed by atoms with Crippen molar-refractivity contribution in [2.24, 2.45) is 0 Å². The molecule has 1 aromatic heterocycles. The maximum Gasteiger partial charge on any atom is 0.344 e. The zero-order chi connectivity index (χ0) is 13.6. The summed E-state index contributed by atoms with van der Waals surface area (Å²) < 4.78 is 18.4. The monoisotopic (exact) mass is 259 g/mol. The summed E-state index contributed by atoms with van der Waals surface area (Å²) in [5, 5.41) is 11.6. The van der Waals surface area contributed by atoms with Crippen molar-refractivity contribution in [3.63, 3.8) is 0 Å². The summed E-state index contributed by atoms with van der Waals surface area (Å²) in [6, 6.07) is 8.08. The zero-order valence-electron chi connectivity index (χ0n) is 9.42. The van der Waals surface area contributed by atoms with E-state index in [2.05, 4.69) is 0 Å². The normalized spacial score (nSPS) is 11.0. The Bertz CT molecular complexity index is 885. The van der Waals surface area contributed by atoms with Gasteiger partial charge < -0.3 is 4.42 Å². The van der Waals surface area contributed by atoms with Gasteiger partial charge in [-0.05, 0) is 12.1 Å². The highest BCUT2D eigenvalue weighted by atomic mass is 19.1. The topological polar surface area (TPSA) is 73.3 Å².